The first-order chi connectivity index (χ1) is 27.7. The lowest BCUT2D eigenvalue weighted by atomic mass is 9.80. The van der Waals surface area contributed by atoms with Crippen molar-refractivity contribution in [3.05, 3.63) is 12.3 Å². The predicted molar refractivity (Wildman–Crippen MR) is 218 cm³/mol. The number of aliphatic hydroxyl groups excluding tert-OH is 13. The third-order valence-corrected chi connectivity index (χ3v) is 9.49. The minimum Gasteiger partial charge on any atom is -0.396 e. The molecule has 0 saturated heterocycles. The SMILES string of the molecule is C.CC=O.COC(C=O)OC.COC(OC)[C@@H](O)/C=C\N(CCCNC(CO)(CO)CO)C(CO)(CO)CO.OCCC(CO)(CO)CCCCCC(CO)(CO)CO. The fraction of sp³-hybridized carbons (Fsp3) is 0.895. The fourth-order valence-corrected chi connectivity index (χ4v) is 4.97. The van der Waals surface area contributed by atoms with E-state index < -0.39 is 80.2 Å². The average molecular weight is 871 g/mol. The van der Waals surface area contributed by atoms with Gasteiger partial charge in [-0.2, -0.15) is 0 Å². The van der Waals surface area contributed by atoms with Gasteiger partial charge in [0.05, 0.1) is 78.2 Å². The maximum atomic E-state index is 10.1. The van der Waals surface area contributed by atoms with Gasteiger partial charge in [-0.3, -0.25) is 4.79 Å². The Morgan fingerprint density at radius 3 is 1.32 bits per heavy atom. The molecule has 0 heterocycles. The molecule has 21 heteroatoms. The van der Waals surface area contributed by atoms with Crippen LogP contribution in [0, 0.1) is 10.8 Å². The number of carbonyl (C=O) groups excluding carboxylic acids is 2. The van der Waals surface area contributed by atoms with Crippen molar-refractivity contribution in [1.82, 2.24) is 10.2 Å². The zero-order chi connectivity index (χ0) is 45.5. The topological polar surface area (TPSA) is 349 Å². The van der Waals surface area contributed by atoms with Gasteiger partial charge in [0.1, 0.15) is 17.9 Å². The molecule has 0 aromatic rings. The van der Waals surface area contributed by atoms with E-state index >= 15 is 0 Å². The second-order valence-electron chi connectivity index (χ2n) is 13.6. The second-order valence-corrected chi connectivity index (χ2v) is 13.6. The van der Waals surface area contributed by atoms with E-state index in [2.05, 4.69) is 14.8 Å². The fourth-order valence-electron chi connectivity index (χ4n) is 4.97. The lowest BCUT2D eigenvalue weighted by molar-refractivity contribution is -0.150. The van der Waals surface area contributed by atoms with E-state index in [1.807, 2.05) is 0 Å². The summed E-state index contributed by atoms with van der Waals surface area (Å²) in [7, 11) is 5.54. The normalized spacial score (nSPS) is 12.5. The molecular formula is C38H82N2O19. The molecule has 0 bridgehead atoms. The zero-order valence-electron chi connectivity index (χ0n) is 35.1. The van der Waals surface area contributed by atoms with Gasteiger partial charge >= 0.3 is 0 Å². The third kappa shape index (κ3) is 27.0. The number of nitrogens with one attached hydrogen (secondary N) is 1. The lowest BCUT2D eigenvalue weighted by Gasteiger charge is -2.40. The summed E-state index contributed by atoms with van der Waals surface area (Å²) < 4.78 is 18.8. The van der Waals surface area contributed by atoms with E-state index in [1.165, 1.54) is 52.5 Å². The Bertz CT molecular complexity index is 904. The Hall–Kier alpha value is -1.84. The smallest absolute Gasteiger partial charge is 0.214 e. The van der Waals surface area contributed by atoms with Crippen LogP contribution in [0.4, 0.5) is 0 Å². The van der Waals surface area contributed by atoms with Gasteiger partial charge in [-0.15, -0.1) is 0 Å². The molecule has 0 aromatic heterocycles. The number of hydrogen-bond acceptors (Lipinski definition) is 21. The van der Waals surface area contributed by atoms with Crippen LogP contribution in [0.15, 0.2) is 12.3 Å². The van der Waals surface area contributed by atoms with E-state index in [1.54, 1.807) is 0 Å². The number of carbonyl (C=O) groups is 2. The molecule has 0 amide bonds. The van der Waals surface area contributed by atoms with Crippen molar-refractivity contribution in [2.24, 2.45) is 10.8 Å². The number of methoxy groups -OCH3 is 4. The summed E-state index contributed by atoms with van der Waals surface area (Å²) in [6, 6.07) is 0. The highest BCUT2D eigenvalue weighted by atomic mass is 16.7. The van der Waals surface area contributed by atoms with Crippen molar-refractivity contribution in [2.75, 3.05) is 121 Å². The number of unbranched alkanes of at least 4 members (excludes halogenated alkanes) is 2. The van der Waals surface area contributed by atoms with Crippen molar-refractivity contribution in [3.8, 4) is 0 Å². The molecule has 358 valence electrons. The van der Waals surface area contributed by atoms with Crippen LogP contribution in [-0.4, -0.2) is 234 Å². The standard InChI is InChI=1S/C17H36N2O9.C14H30O6.C4H8O3.C2H4O.CH4/c1-27-15(28-2)14(26)4-7-19(17(11-23,12-24)13-25)6-3-5-18-16(8-20,9-21)10-22;15-7-6-13(8-16,9-17)4-2-1-3-5-14(10-18,11-19)12-20;1-6-4(3-5)7-2;1-2-3;/h4,7,14-15,18,20-26H,3,5-6,8-13H2,1-2H3;15-20H,1-12H2;3-4H,1-2H3;2H,1H3;1H4/b7-4-;;;;/t14-;;;;/m0..../s1. The number of hydrogen-bond donors (Lipinski definition) is 14. The maximum absolute atomic E-state index is 10.1. The largest absolute Gasteiger partial charge is 0.396 e. The highest BCUT2D eigenvalue weighted by molar-refractivity contribution is 5.53. The van der Waals surface area contributed by atoms with Crippen LogP contribution in [0.1, 0.15) is 59.3 Å². The number of nitrogens with zero attached hydrogens (tertiary/aromatic N) is 1. The van der Waals surface area contributed by atoms with E-state index in [0.717, 1.165) is 25.5 Å². The van der Waals surface area contributed by atoms with E-state index in [9.17, 15) is 66.1 Å². The average Bonchev–Trinajstić information content (AvgIpc) is 3.26. The van der Waals surface area contributed by atoms with Crippen LogP contribution in [0.2, 0.25) is 0 Å². The molecule has 0 aliphatic carbocycles. The molecule has 0 aliphatic heterocycles. The van der Waals surface area contributed by atoms with Crippen molar-refractivity contribution in [2.45, 2.75) is 89.1 Å². The molecule has 21 nitrogen and oxygen atoms in total. The Morgan fingerprint density at radius 1 is 0.593 bits per heavy atom. The molecule has 1 atom stereocenters. The van der Waals surface area contributed by atoms with Gasteiger partial charge in [0.2, 0.25) is 6.29 Å². The Morgan fingerprint density at radius 2 is 1.02 bits per heavy atom. The molecule has 0 radical (unpaired) electrons. The van der Waals surface area contributed by atoms with Crippen LogP contribution in [0.25, 0.3) is 0 Å². The number of aldehydes is 2. The number of rotatable bonds is 33. The summed E-state index contributed by atoms with van der Waals surface area (Å²) in [6.45, 7) is -2.16. The summed E-state index contributed by atoms with van der Waals surface area (Å²) >= 11 is 0. The summed E-state index contributed by atoms with van der Waals surface area (Å²) in [4.78, 5) is 20.0. The predicted octanol–water partition coefficient (Wildman–Crippen LogP) is -3.91. The molecule has 0 fully saturated rings. The quantitative estimate of drug-likeness (QED) is 0.0170. The zero-order valence-corrected chi connectivity index (χ0v) is 35.1. The third-order valence-electron chi connectivity index (χ3n) is 9.49. The molecule has 0 spiro atoms. The van der Waals surface area contributed by atoms with Gasteiger partial charge in [0, 0.05) is 52.4 Å². The number of aliphatic hydroxyl groups is 13. The molecule has 0 rings (SSSR count). The molecule has 0 aliphatic rings. The Kier molecular flexibility index (Phi) is 46.6. The van der Waals surface area contributed by atoms with Crippen LogP contribution >= 0.6 is 0 Å². The van der Waals surface area contributed by atoms with E-state index in [-0.39, 0.29) is 60.2 Å². The van der Waals surface area contributed by atoms with Gasteiger partial charge in [-0.1, -0.05) is 26.7 Å². The first-order valence-electron chi connectivity index (χ1n) is 18.9. The summed E-state index contributed by atoms with van der Waals surface area (Å²) in [5, 5.41) is 125. The van der Waals surface area contributed by atoms with Crippen molar-refractivity contribution in [1.29, 1.82) is 0 Å². The molecule has 59 heavy (non-hydrogen) atoms. The van der Waals surface area contributed by atoms with Crippen LogP contribution in [0.3, 0.4) is 0 Å². The first kappa shape index (κ1) is 66.3. The molecule has 14 N–H and O–H groups in total. The summed E-state index contributed by atoms with van der Waals surface area (Å²) in [6.07, 6.45) is 5.63. The van der Waals surface area contributed by atoms with E-state index in [4.69, 9.17) is 19.4 Å². The van der Waals surface area contributed by atoms with E-state index in [0.29, 0.717) is 32.0 Å². The Labute approximate surface area is 350 Å². The van der Waals surface area contributed by atoms with Gasteiger partial charge in [0.15, 0.2) is 12.6 Å². The maximum Gasteiger partial charge on any atom is 0.214 e. The molecular weight excluding hydrogens is 788 g/mol. The highest BCUT2D eigenvalue weighted by Crippen LogP contribution is 2.30. The highest BCUT2D eigenvalue weighted by Gasteiger charge is 2.34. The minimum atomic E-state index is -1.37. The first-order valence-corrected chi connectivity index (χ1v) is 18.9. The van der Waals surface area contributed by atoms with Crippen LogP contribution in [-0.2, 0) is 28.5 Å². The van der Waals surface area contributed by atoms with Gasteiger partial charge in [0.25, 0.3) is 0 Å². The lowest BCUT2D eigenvalue weighted by Crippen LogP contribution is -2.57. The minimum absolute atomic E-state index is 0. The van der Waals surface area contributed by atoms with Crippen molar-refractivity contribution in [3.63, 3.8) is 0 Å². The molecule has 0 aromatic carbocycles. The summed E-state index contributed by atoms with van der Waals surface area (Å²) in [5.41, 5.74) is -4.04. The Balaban J connectivity index is -0.000000272. The van der Waals surface area contributed by atoms with Crippen LogP contribution < -0.4 is 5.32 Å². The van der Waals surface area contributed by atoms with Crippen molar-refractivity contribution >= 4 is 12.6 Å². The van der Waals surface area contributed by atoms with Gasteiger partial charge in [-0.25, -0.2) is 0 Å². The van der Waals surface area contributed by atoms with Gasteiger partial charge in [-0.05, 0) is 51.4 Å². The number of ether oxygens (including phenoxy) is 4. The molecule has 0 unspecified atom stereocenters. The molecule has 0 saturated carbocycles. The monoisotopic (exact) mass is 871 g/mol. The summed E-state index contributed by atoms with van der Waals surface area (Å²) in [5.74, 6) is 0. The van der Waals surface area contributed by atoms with Crippen molar-refractivity contribution < 1.29 is 94.9 Å². The van der Waals surface area contributed by atoms with Gasteiger partial charge < -0.3 is 100 Å². The van der Waals surface area contributed by atoms with Crippen LogP contribution in [0.5, 0.6) is 0 Å². The second kappa shape index (κ2) is 41.5.